The van der Waals surface area contributed by atoms with E-state index in [1.54, 1.807) is 25.2 Å². The number of benzene rings is 1. The Balaban J connectivity index is 1.91. The molecule has 1 aliphatic heterocycles. The van der Waals surface area contributed by atoms with Crippen LogP contribution in [-0.4, -0.2) is 35.5 Å². The Morgan fingerprint density at radius 2 is 2.12 bits per heavy atom. The van der Waals surface area contributed by atoms with Gasteiger partial charge in [0, 0.05) is 46.2 Å². The number of nitrogens with one attached hydrogen (secondary N) is 1. The summed E-state index contributed by atoms with van der Waals surface area (Å²) in [4.78, 5) is 38.5. The number of phenolic OH excluding ortho intramolecular Hbond substituents is 1. The fourth-order valence-corrected chi connectivity index (χ4v) is 5.48. The number of carbonyl (C=O) groups excluding carboxylic acids is 2. The van der Waals surface area contributed by atoms with Crippen molar-refractivity contribution in [2.45, 2.75) is 38.5 Å². The van der Waals surface area contributed by atoms with E-state index in [0.717, 1.165) is 4.88 Å². The van der Waals surface area contributed by atoms with E-state index in [-0.39, 0.29) is 36.1 Å². The smallest absolute Gasteiger partial charge is 0.336 e. The zero-order valence-corrected chi connectivity index (χ0v) is 19.7. The van der Waals surface area contributed by atoms with Gasteiger partial charge in [0.25, 0.3) is 0 Å². The molecule has 10 heteroatoms. The Kier molecular flexibility index (Phi) is 6.43. The minimum Gasteiger partial charge on any atom is -0.500 e. The number of hydrogen-bond donors (Lipinski definition) is 2. The van der Waals surface area contributed by atoms with Gasteiger partial charge in [0.05, 0.1) is 24.2 Å². The average molecular weight is 485 g/mol. The van der Waals surface area contributed by atoms with Gasteiger partial charge < -0.3 is 19.9 Å². The van der Waals surface area contributed by atoms with Crippen LogP contribution in [0, 0.1) is 10.1 Å². The predicted octanol–water partition coefficient (Wildman–Crippen LogP) is 4.30. The lowest BCUT2D eigenvalue weighted by atomic mass is 9.72. The number of nitro groups is 1. The molecule has 178 valence electrons. The van der Waals surface area contributed by atoms with Gasteiger partial charge in [-0.15, -0.1) is 11.3 Å². The average Bonchev–Trinajstić information content (AvgIpc) is 3.33. The van der Waals surface area contributed by atoms with Crippen molar-refractivity contribution >= 4 is 28.8 Å². The molecule has 2 aliphatic rings. The molecule has 2 heterocycles. The van der Waals surface area contributed by atoms with Crippen LogP contribution < -0.4 is 10.1 Å². The molecule has 34 heavy (non-hydrogen) atoms. The van der Waals surface area contributed by atoms with Crippen LogP contribution in [0.3, 0.4) is 0 Å². The molecule has 2 N–H and O–H groups in total. The number of aromatic hydroxyl groups is 1. The van der Waals surface area contributed by atoms with E-state index in [4.69, 9.17) is 9.47 Å². The Morgan fingerprint density at radius 1 is 1.35 bits per heavy atom. The van der Waals surface area contributed by atoms with Crippen LogP contribution in [-0.2, 0) is 14.3 Å². The number of ketones is 1. The summed E-state index contributed by atoms with van der Waals surface area (Å²) in [6.45, 7) is 3.52. The van der Waals surface area contributed by atoms with Gasteiger partial charge in [-0.3, -0.25) is 14.9 Å². The molecule has 1 aliphatic carbocycles. The van der Waals surface area contributed by atoms with Crippen molar-refractivity contribution in [2.24, 2.45) is 0 Å². The summed E-state index contributed by atoms with van der Waals surface area (Å²) in [5.74, 6) is -2.41. The molecule has 0 saturated heterocycles. The van der Waals surface area contributed by atoms with Gasteiger partial charge in [-0.25, -0.2) is 4.79 Å². The molecule has 1 aromatic heterocycles. The monoisotopic (exact) mass is 484 g/mol. The van der Waals surface area contributed by atoms with Crippen molar-refractivity contribution in [3.8, 4) is 11.5 Å². The fourth-order valence-electron chi connectivity index (χ4n) is 4.65. The first-order chi connectivity index (χ1) is 16.3. The molecule has 9 nitrogen and oxygen atoms in total. The molecular weight excluding hydrogens is 460 g/mol. The summed E-state index contributed by atoms with van der Waals surface area (Å²) >= 11 is 1.58. The molecule has 1 aromatic carbocycles. The Hall–Kier alpha value is -3.66. The first kappa shape index (κ1) is 23.5. The number of allylic oxidation sites excluding steroid dienone is 3. The number of nitrogens with zero attached hydrogens (tertiary/aromatic N) is 1. The second-order valence-corrected chi connectivity index (χ2v) is 9.08. The molecule has 0 spiro atoms. The van der Waals surface area contributed by atoms with Crippen LogP contribution in [0.5, 0.6) is 11.5 Å². The molecule has 2 atom stereocenters. The number of esters is 1. The number of ether oxygens (including phenoxy) is 2. The van der Waals surface area contributed by atoms with Gasteiger partial charge >= 0.3 is 11.7 Å². The largest absolute Gasteiger partial charge is 0.500 e. The first-order valence-corrected chi connectivity index (χ1v) is 11.6. The van der Waals surface area contributed by atoms with Crippen molar-refractivity contribution in [1.29, 1.82) is 0 Å². The second-order valence-electron chi connectivity index (χ2n) is 8.10. The summed E-state index contributed by atoms with van der Waals surface area (Å²) < 4.78 is 10.4. The lowest BCUT2D eigenvalue weighted by molar-refractivity contribution is -0.386. The molecular formula is C24H24N2O7S. The van der Waals surface area contributed by atoms with Crippen molar-refractivity contribution in [3.05, 3.63) is 72.7 Å². The number of hydrogen-bond acceptors (Lipinski definition) is 9. The molecule has 2 aromatic rings. The highest BCUT2D eigenvalue weighted by molar-refractivity contribution is 7.10. The normalized spacial score (nSPS) is 20.0. The number of thiophene rings is 1. The van der Waals surface area contributed by atoms with Gasteiger partial charge in [0.1, 0.15) is 0 Å². The fraction of sp³-hybridized carbons (Fsp3) is 0.333. The van der Waals surface area contributed by atoms with Crippen LogP contribution >= 0.6 is 11.3 Å². The summed E-state index contributed by atoms with van der Waals surface area (Å²) in [5.41, 5.74) is 1.49. The quantitative estimate of drug-likeness (QED) is 0.353. The lowest BCUT2D eigenvalue weighted by Gasteiger charge is -2.36. The molecule has 4 rings (SSSR count). The van der Waals surface area contributed by atoms with Crippen LogP contribution in [0.4, 0.5) is 5.69 Å². The number of carbonyl (C=O) groups is 2. The number of methoxy groups -OCH3 is 1. The molecule has 0 fully saturated rings. The number of nitro benzene ring substituents is 1. The summed E-state index contributed by atoms with van der Waals surface area (Å²) in [7, 11) is 1.28. The zero-order valence-electron chi connectivity index (χ0n) is 18.9. The minimum absolute atomic E-state index is 0.0000309. The summed E-state index contributed by atoms with van der Waals surface area (Å²) in [6.07, 6.45) is 0.812. The highest BCUT2D eigenvalue weighted by Gasteiger charge is 2.42. The Bertz CT molecular complexity index is 1230. The SMILES string of the molecule is CCOC(=O)C1=C(C)NC2=C(C(=O)CC(c3cccs3)C2)C1c1cc(OC)c(O)c([N+](=O)[O-])c1. The third-order valence-electron chi connectivity index (χ3n) is 6.10. The van der Waals surface area contributed by atoms with Gasteiger partial charge in [-0.2, -0.15) is 0 Å². The molecule has 2 unspecified atom stereocenters. The Morgan fingerprint density at radius 3 is 2.74 bits per heavy atom. The molecule has 0 radical (unpaired) electrons. The maximum atomic E-state index is 13.5. The van der Waals surface area contributed by atoms with E-state index in [0.29, 0.717) is 29.0 Å². The Labute approximate surface area is 199 Å². The minimum atomic E-state index is -0.903. The highest BCUT2D eigenvalue weighted by Crippen LogP contribution is 2.49. The zero-order chi connectivity index (χ0) is 24.6. The second kappa shape index (κ2) is 9.30. The van der Waals surface area contributed by atoms with Gasteiger partial charge in [0.15, 0.2) is 11.5 Å². The number of Topliss-reactive ketones (excluding diaryl/α,β-unsaturated/α-hetero) is 1. The van der Waals surface area contributed by atoms with Crippen molar-refractivity contribution < 1.29 is 29.1 Å². The van der Waals surface area contributed by atoms with E-state index < -0.39 is 28.2 Å². The van der Waals surface area contributed by atoms with Crippen molar-refractivity contribution in [2.75, 3.05) is 13.7 Å². The van der Waals surface area contributed by atoms with Crippen molar-refractivity contribution in [3.63, 3.8) is 0 Å². The third kappa shape index (κ3) is 4.05. The molecule has 0 bridgehead atoms. The van der Waals surface area contributed by atoms with E-state index >= 15 is 0 Å². The lowest BCUT2D eigenvalue weighted by Crippen LogP contribution is -2.36. The molecule has 0 saturated carbocycles. The van der Waals surface area contributed by atoms with Gasteiger partial charge in [0.2, 0.25) is 5.75 Å². The first-order valence-electron chi connectivity index (χ1n) is 10.8. The van der Waals surface area contributed by atoms with E-state index in [1.807, 2.05) is 17.5 Å². The maximum Gasteiger partial charge on any atom is 0.336 e. The number of rotatable bonds is 6. The predicted molar refractivity (Wildman–Crippen MR) is 125 cm³/mol. The third-order valence-corrected chi connectivity index (χ3v) is 7.13. The van der Waals surface area contributed by atoms with Crippen LogP contribution in [0.25, 0.3) is 0 Å². The highest BCUT2D eigenvalue weighted by atomic mass is 32.1. The number of phenols is 1. The van der Waals surface area contributed by atoms with Gasteiger partial charge in [-0.1, -0.05) is 6.07 Å². The van der Waals surface area contributed by atoms with Crippen molar-refractivity contribution in [1.82, 2.24) is 5.32 Å². The topological polar surface area (TPSA) is 128 Å². The standard InChI is InChI=1S/C24H24N2O7S/c1-4-33-24(29)20-12(2)25-15-8-13(19-6-5-7-34-19)10-17(27)22(15)21(20)14-9-16(26(30)31)23(28)18(11-14)32-3/h5-7,9,11,13,21,25,28H,4,8,10H2,1-3H3. The van der Waals surface area contributed by atoms with E-state index in [2.05, 4.69) is 5.32 Å². The van der Waals surface area contributed by atoms with E-state index in [1.165, 1.54) is 19.2 Å². The van der Waals surface area contributed by atoms with E-state index in [9.17, 15) is 24.8 Å². The van der Waals surface area contributed by atoms with Crippen LogP contribution in [0.2, 0.25) is 0 Å². The van der Waals surface area contributed by atoms with Crippen LogP contribution in [0.15, 0.2) is 52.2 Å². The summed E-state index contributed by atoms with van der Waals surface area (Å²) in [6, 6.07) is 6.55. The van der Waals surface area contributed by atoms with Crippen LogP contribution in [0.1, 0.15) is 49.0 Å². The summed E-state index contributed by atoms with van der Waals surface area (Å²) in [5, 5.41) is 27.1. The van der Waals surface area contributed by atoms with Gasteiger partial charge in [-0.05, 0) is 43.3 Å². The maximum absolute atomic E-state index is 13.5. The molecule has 0 amide bonds. The number of dihydropyridines is 1.